The van der Waals surface area contributed by atoms with Crippen LogP contribution in [0.15, 0.2) is 36.4 Å². The third-order valence-electron chi connectivity index (χ3n) is 3.84. The number of nitrogens with one attached hydrogen (secondary N) is 1. The second-order valence-corrected chi connectivity index (χ2v) is 5.06. The summed E-state index contributed by atoms with van der Waals surface area (Å²) in [4.78, 5) is 23.7. The molecule has 110 valence electrons. The Morgan fingerprint density at radius 3 is 2.33 bits per heavy atom. The van der Waals surface area contributed by atoms with E-state index in [1.54, 1.807) is 43.5 Å². The molecule has 1 amide bonds. The van der Waals surface area contributed by atoms with Crippen LogP contribution in [-0.4, -0.2) is 36.3 Å². The summed E-state index contributed by atoms with van der Waals surface area (Å²) in [6.45, 7) is 0. The van der Waals surface area contributed by atoms with Crippen LogP contribution in [0.1, 0.15) is 0 Å². The Morgan fingerprint density at radius 2 is 1.76 bits per heavy atom. The molecule has 6 heteroatoms. The fourth-order valence-electron chi connectivity index (χ4n) is 2.81. The van der Waals surface area contributed by atoms with Crippen LogP contribution in [0.4, 0.5) is 5.69 Å². The van der Waals surface area contributed by atoms with E-state index in [0.717, 1.165) is 0 Å². The maximum atomic E-state index is 12.4. The van der Waals surface area contributed by atoms with Crippen LogP contribution in [0.5, 0.6) is 5.75 Å². The van der Waals surface area contributed by atoms with Crippen LogP contribution in [0.3, 0.4) is 0 Å². The Bertz CT molecular complexity index is 595. The van der Waals surface area contributed by atoms with Crippen LogP contribution >= 0.6 is 0 Å². The fourth-order valence-corrected chi connectivity index (χ4v) is 2.81. The lowest BCUT2D eigenvalue weighted by molar-refractivity contribution is -0.145. The molecule has 2 N–H and O–H groups in total. The molecule has 2 heterocycles. The Hall–Kier alpha value is -2.34. The quantitative estimate of drug-likeness (QED) is 0.816. The number of hydrogen-bond donors (Lipinski definition) is 2. The zero-order chi connectivity index (χ0) is 15.0. The number of hydrogen-bond acceptors (Lipinski definition) is 4. The smallest absolute Gasteiger partial charge is 0.310 e. The van der Waals surface area contributed by atoms with Gasteiger partial charge in [-0.3, -0.25) is 9.59 Å². The van der Waals surface area contributed by atoms with Crippen LogP contribution in [0, 0.1) is 11.8 Å². The van der Waals surface area contributed by atoms with Crippen LogP contribution in [0.2, 0.25) is 0 Å². The van der Waals surface area contributed by atoms with Crippen LogP contribution in [0.25, 0.3) is 0 Å². The Labute approximate surface area is 121 Å². The van der Waals surface area contributed by atoms with Crippen molar-refractivity contribution in [1.82, 2.24) is 0 Å². The maximum absolute atomic E-state index is 12.4. The van der Waals surface area contributed by atoms with Gasteiger partial charge in [0.05, 0.1) is 25.2 Å². The predicted molar refractivity (Wildman–Crippen MR) is 74.0 cm³/mol. The van der Waals surface area contributed by atoms with E-state index in [1.165, 1.54) is 0 Å². The van der Waals surface area contributed by atoms with Crippen molar-refractivity contribution in [3.63, 3.8) is 0 Å². The zero-order valence-corrected chi connectivity index (χ0v) is 11.4. The number of fused-ring (bicyclic) bond motifs is 2. The highest BCUT2D eigenvalue weighted by atomic mass is 16.5. The molecule has 6 nitrogen and oxygen atoms in total. The summed E-state index contributed by atoms with van der Waals surface area (Å²) in [6.07, 6.45) is 2.48. The first-order chi connectivity index (χ1) is 10.1. The van der Waals surface area contributed by atoms with Gasteiger partial charge in [-0.25, -0.2) is 0 Å². The number of carbonyl (C=O) groups excluding carboxylic acids is 1. The van der Waals surface area contributed by atoms with Gasteiger partial charge in [-0.1, -0.05) is 12.2 Å². The summed E-state index contributed by atoms with van der Waals surface area (Å²) in [6, 6.07) is 6.86. The van der Waals surface area contributed by atoms with Gasteiger partial charge in [0.15, 0.2) is 0 Å². The minimum atomic E-state index is -1.01. The Kier molecular flexibility index (Phi) is 3.39. The molecular formula is C15H15NO5. The monoisotopic (exact) mass is 289 g/mol. The molecule has 0 spiro atoms. The zero-order valence-electron chi connectivity index (χ0n) is 11.4. The fraction of sp³-hybridized carbons (Fsp3) is 0.333. The number of methoxy groups -OCH3 is 1. The molecule has 1 aromatic carbocycles. The number of carboxylic acid groups (broad SMARTS) is 1. The number of carboxylic acids is 1. The maximum Gasteiger partial charge on any atom is 0.310 e. The second kappa shape index (κ2) is 5.21. The lowest BCUT2D eigenvalue weighted by Gasteiger charge is -2.21. The number of aliphatic carboxylic acids is 1. The molecule has 0 aliphatic carbocycles. The largest absolute Gasteiger partial charge is 0.497 e. The number of carbonyl (C=O) groups is 2. The van der Waals surface area contributed by atoms with E-state index in [4.69, 9.17) is 9.47 Å². The van der Waals surface area contributed by atoms with Crippen molar-refractivity contribution in [3.8, 4) is 5.75 Å². The van der Waals surface area contributed by atoms with Crippen molar-refractivity contribution in [2.24, 2.45) is 11.8 Å². The molecule has 0 unspecified atom stereocenters. The van der Waals surface area contributed by atoms with E-state index in [2.05, 4.69) is 5.32 Å². The molecule has 2 aliphatic heterocycles. The first kappa shape index (κ1) is 13.6. The van der Waals surface area contributed by atoms with E-state index in [-0.39, 0.29) is 5.91 Å². The molecule has 0 aromatic heterocycles. The van der Waals surface area contributed by atoms with E-state index in [1.807, 2.05) is 0 Å². The first-order valence-electron chi connectivity index (χ1n) is 6.61. The summed E-state index contributed by atoms with van der Waals surface area (Å²) in [7, 11) is 1.56. The van der Waals surface area contributed by atoms with Crippen LogP contribution in [-0.2, 0) is 14.3 Å². The summed E-state index contributed by atoms with van der Waals surface area (Å²) < 4.78 is 10.5. The third-order valence-corrected chi connectivity index (χ3v) is 3.84. The van der Waals surface area contributed by atoms with Crippen LogP contribution < -0.4 is 10.1 Å². The minimum absolute atomic E-state index is 0.343. The molecule has 4 atom stereocenters. The average Bonchev–Trinajstić information content (AvgIpc) is 3.08. The van der Waals surface area contributed by atoms with Gasteiger partial charge in [0, 0.05) is 5.69 Å². The summed E-state index contributed by atoms with van der Waals surface area (Å²) in [5.74, 6) is -2.22. The van der Waals surface area contributed by atoms with E-state index >= 15 is 0 Å². The molecule has 1 saturated heterocycles. The van der Waals surface area contributed by atoms with Crippen molar-refractivity contribution in [1.29, 1.82) is 0 Å². The normalized spacial score (nSPS) is 29.4. The summed E-state index contributed by atoms with van der Waals surface area (Å²) in [5, 5.41) is 12.0. The predicted octanol–water partition coefficient (Wildman–Crippen LogP) is 1.29. The SMILES string of the molecule is COc1ccc(NC(=O)[C@@H]2[C@@H](C(=O)O)[C@@H]3C=C[C@@H]2O3)cc1. The summed E-state index contributed by atoms with van der Waals surface area (Å²) >= 11 is 0. The van der Waals surface area contributed by atoms with Crippen molar-refractivity contribution in [2.45, 2.75) is 12.2 Å². The number of anilines is 1. The molecule has 1 fully saturated rings. The third kappa shape index (κ3) is 2.38. The number of ether oxygens (including phenoxy) is 2. The molecule has 21 heavy (non-hydrogen) atoms. The van der Waals surface area contributed by atoms with E-state index in [9.17, 15) is 14.7 Å². The van der Waals surface area contributed by atoms with Gasteiger partial charge in [-0.15, -0.1) is 0 Å². The van der Waals surface area contributed by atoms with Crippen molar-refractivity contribution >= 4 is 17.6 Å². The lowest BCUT2D eigenvalue weighted by atomic mass is 9.82. The van der Waals surface area contributed by atoms with Crippen molar-refractivity contribution < 1.29 is 24.2 Å². The highest BCUT2D eigenvalue weighted by molar-refractivity contribution is 5.96. The molecule has 3 rings (SSSR count). The van der Waals surface area contributed by atoms with Gasteiger partial charge >= 0.3 is 5.97 Å². The Morgan fingerprint density at radius 1 is 1.14 bits per heavy atom. The van der Waals surface area contributed by atoms with Gasteiger partial charge in [0.2, 0.25) is 5.91 Å². The number of amides is 1. The van der Waals surface area contributed by atoms with Gasteiger partial charge < -0.3 is 19.9 Å². The highest BCUT2D eigenvalue weighted by Crippen LogP contribution is 2.39. The number of benzene rings is 1. The van der Waals surface area contributed by atoms with Crippen molar-refractivity contribution in [3.05, 3.63) is 36.4 Å². The summed E-state index contributed by atoms with van der Waals surface area (Å²) in [5.41, 5.74) is 0.594. The van der Waals surface area contributed by atoms with Gasteiger partial charge in [0.25, 0.3) is 0 Å². The number of rotatable bonds is 4. The van der Waals surface area contributed by atoms with Gasteiger partial charge in [0.1, 0.15) is 11.7 Å². The topological polar surface area (TPSA) is 84.9 Å². The van der Waals surface area contributed by atoms with Gasteiger partial charge in [-0.2, -0.15) is 0 Å². The van der Waals surface area contributed by atoms with Gasteiger partial charge in [-0.05, 0) is 24.3 Å². The lowest BCUT2D eigenvalue weighted by Crippen LogP contribution is -2.39. The van der Waals surface area contributed by atoms with E-state index in [0.29, 0.717) is 11.4 Å². The second-order valence-electron chi connectivity index (χ2n) is 5.06. The first-order valence-corrected chi connectivity index (χ1v) is 6.61. The Balaban J connectivity index is 1.75. The molecule has 2 bridgehead atoms. The molecule has 1 aromatic rings. The van der Waals surface area contributed by atoms with Crippen molar-refractivity contribution in [2.75, 3.05) is 12.4 Å². The molecule has 2 aliphatic rings. The highest BCUT2D eigenvalue weighted by Gasteiger charge is 2.53. The van der Waals surface area contributed by atoms with E-state index < -0.39 is 30.0 Å². The molecule has 0 saturated carbocycles. The average molecular weight is 289 g/mol. The molecule has 0 radical (unpaired) electrons. The minimum Gasteiger partial charge on any atom is -0.497 e. The standard InChI is InChI=1S/C15H15NO5/c1-20-9-4-2-8(3-5-9)16-14(17)12-10-6-7-11(21-10)13(12)15(18)19/h2-7,10-13H,1H3,(H,16,17)(H,18,19)/t10-,11-,12-,13-/m0/s1. The molecular weight excluding hydrogens is 274 g/mol.